The molecule has 1 heterocycles. The lowest BCUT2D eigenvalue weighted by Gasteiger charge is -2.62. The van der Waals surface area contributed by atoms with Gasteiger partial charge in [-0.1, -0.05) is 32.0 Å². The van der Waals surface area contributed by atoms with Crippen molar-refractivity contribution in [1.29, 1.82) is 0 Å². The molecular weight excluding hydrogens is 292 g/mol. The van der Waals surface area contributed by atoms with Crippen LogP contribution >= 0.6 is 0 Å². The minimum atomic E-state index is -0.353. The molecule has 6 nitrogen and oxygen atoms in total. The number of hydrogen-bond acceptors (Lipinski definition) is 3. The summed E-state index contributed by atoms with van der Waals surface area (Å²) in [4.78, 5) is 17.6. The standard InChI is InChI=1S/C17H26N4O2/c1-6-18-15(20-12-16(2,3)17(20,4)5)19-11-13-9-7-8-10-14(13)21(22)23/h7-10H,6,11-12H2,1-5H3,(H,18,19). The van der Waals surface area contributed by atoms with Crippen LogP contribution in [0, 0.1) is 15.5 Å². The zero-order chi connectivity index (χ0) is 17.3. The first-order valence-electron chi connectivity index (χ1n) is 7.99. The molecular formula is C17H26N4O2. The SMILES string of the molecule is CCNC(=NCc1ccccc1[N+](=O)[O-])N1CC(C)(C)C1(C)C. The van der Waals surface area contributed by atoms with Gasteiger partial charge in [0.1, 0.15) is 0 Å². The molecule has 1 saturated heterocycles. The second-order valence-corrected chi connectivity index (χ2v) is 7.09. The maximum absolute atomic E-state index is 11.1. The summed E-state index contributed by atoms with van der Waals surface area (Å²) in [6.45, 7) is 12.9. The van der Waals surface area contributed by atoms with Gasteiger partial charge in [0.25, 0.3) is 5.69 Å². The molecule has 126 valence electrons. The van der Waals surface area contributed by atoms with Gasteiger partial charge in [-0.05, 0) is 20.8 Å². The lowest BCUT2D eigenvalue weighted by molar-refractivity contribution is -0.385. The third kappa shape index (κ3) is 3.16. The summed E-state index contributed by atoms with van der Waals surface area (Å²) in [6.07, 6.45) is 0. The summed E-state index contributed by atoms with van der Waals surface area (Å²) in [5, 5.41) is 14.4. The number of likely N-dealkylation sites (tertiary alicyclic amines) is 1. The topological polar surface area (TPSA) is 70.8 Å². The molecule has 0 aliphatic carbocycles. The van der Waals surface area contributed by atoms with Crippen molar-refractivity contribution in [1.82, 2.24) is 10.2 Å². The van der Waals surface area contributed by atoms with Gasteiger partial charge >= 0.3 is 0 Å². The Morgan fingerprint density at radius 1 is 1.35 bits per heavy atom. The van der Waals surface area contributed by atoms with Crippen LogP contribution in [-0.4, -0.2) is 34.4 Å². The highest BCUT2D eigenvalue weighted by molar-refractivity contribution is 5.82. The van der Waals surface area contributed by atoms with E-state index in [4.69, 9.17) is 0 Å². The largest absolute Gasteiger partial charge is 0.356 e. The zero-order valence-electron chi connectivity index (χ0n) is 14.6. The molecule has 23 heavy (non-hydrogen) atoms. The summed E-state index contributed by atoms with van der Waals surface area (Å²) in [5.74, 6) is 0.815. The Kier molecular flexibility index (Phi) is 4.63. The molecule has 1 fully saturated rings. The van der Waals surface area contributed by atoms with E-state index in [9.17, 15) is 10.1 Å². The van der Waals surface area contributed by atoms with E-state index in [-0.39, 0.29) is 21.6 Å². The molecule has 0 unspecified atom stereocenters. The number of nitro benzene ring substituents is 1. The van der Waals surface area contributed by atoms with E-state index >= 15 is 0 Å². The molecule has 6 heteroatoms. The lowest BCUT2D eigenvalue weighted by atomic mass is 9.65. The van der Waals surface area contributed by atoms with Crippen molar-refractivity contribution in [2.24, 2.45) is 10.4 Å². The Balaban J connectivity index is 2.23. The maximum atomic E-state index is 11.1. The van der Waals surface area contributed by atoms with Crippen molar-refractivity contribution in [3.63, 3.8) is 0 Å². The fourth-order valence-electron chi connectivity index (χ4n) is 2.78. The summed E-state index contributed by atoms with van der Waals surface area (Å²) >= 11 is 0. The lowest BCUT2D eigenvalue weighted by Crippen LogP contribution is -2.72. The van der Waals surface area contributed by atoms with Crippen LogP contribution in [0.25, 0.3) is 0 Å². The number of nitrogens with one attached hydrogen (secondary N) is 1. The highest BCUT2D eigenvalue weighted by Crippen LogP contribution is 2.46. The van der Waals surface area contributed by atoms with Gasteiger partial charge in [0.05, 0.1) is 17.0 Å². The van der Waals surface area contributed by atoms with E-state index in [1.807, 2.05) is 13.0 Å². The van der Waals surface area contributed by atoms with Crippen LogP contribution in [0.1, 0.15) is 40.2 Å². The molecule has 1 aromatic carbocycles. The second-order valence-electron chi connectivity index (χ2n) is 7.09. The van der Waals surface area contributed by atoms with Gasteiger partial charge in [0.2, 0.25) is 0 Å². The fourth-order valence-corrected chi connectivity index (χ4v) is 2.78. The van der Waals surface area contributed by atoms with E-state index in [0.717, 1.165) is 19.0 Å². The number of guanidine groups is 1. The van der Waals surface area contributed by atoms with E-state index in [2.05, 4.69) is 42.9 Å². The van der Waals surface area contributed by atoms with E-state index in [1.165, 1.54) is 6.07 Å². The Morgan fingerprint density at radius 2 is 2.00 bits per heavy atom. The highest BCUT2D eigenvalue weighted by Gasteiger charge is 2.53. The molecule has 0 atom stereocenters. The minimum absolute atomic E-state index is 0.00335. The van der Waals surface area contributed by atoms with E-state index in [1.54, 1.807) is 12.1 Å². The third-order valence-corrected chi connectivity index (χ3v) is 5.06. The second kappa shape index (κ2) is 6.18. The summed E-state index contributed by atoms with van der Waals surface area (Å²) in [6, 6.07) is 6.77. The van der Waals surface area contributed by atoms with Crippen LogP contribution in [0.3, 0.4) is 0 Å². The van der Waals surface area contributed by atoms with Gasteiger partial charge in [-0.2, -0.15) is 0 Å². The van der Waals surface area contributed by atoms with Crippen molar-refractivity contribution in [3.05, 3.63) is 39.9 Å². The predicted octanol–water partition coefficient (Wildman–Crippen LogP) is 3.18. The average Bonchev–Trinajstić information content (AvgIpc) is 2.49. The molecule has 0 bridgehead atoms. The normalized spacial score (nSPS) is 19.2. The number of rotatable bonds is 4. The first-order chi connectivity index (χ1) is 10.7. The number of benzene rings is 1. The van der Waals surface area contributed by atoms with Crippen LogP contribution in [0.4, 0.5) is 5.69 Å². The Bertz CT molecular complexity index is 623. The average molecular weight is 318 g/mol. The molecule has 0 amide bonds. The highest BCUT2D eigenvalue weighted by atomic mass is 16.6. The van der Waals surface area contributed by atoms with Gasteiger partial charge in [-0.15, -0.1) is 0 Å². The molecule has 1 aliphatic heterocycles. The zero-order valence-corrected chi connectivity index (χ0v) is 14.6. The van der Waals surface area contributed by atoms with E-state index < -0.39 is 0 Å². The van der Waals surface area contributed by atoms with Gasteiger partial charge in [0, 0.05) is 30.1 Å². The van der Waals surface area contributed by atoms with Crippen LogP contribution in [0.2, 0.25) is 0 Å². The molecule has 0 saturated carbocycles. The fraction of sp³-hybridized carbons (Fsp3) is 0.588. The Hall–Kier alpha value is -2.11. The molecule has 0 spiro atoms. The molecule has 1 aliphatic rings. The number of para-hydroxylation sites is 1. The molecule has 0 aromatic heterocycles. The predicted molar refractivity (Wildman–Crippen MR) is 92.5 cm³/mol. The first-order valence-corrected chi connectivity index (χ1v) is 7.99. The molecule has 2 rings (SSSR count). The van der Waals surface area contributed by atoms with Gasteiger partial charge in [-0.3, -0.25) is 10.1 Å². The van der Waals surface area contributed by atoms with Crippen molar-refractivity contribution in [2.75, 3.05) is 13.1 Å². The van der Waals surface area contributed by atoms with Gasteiger partial charge in [0.15, 0.2) is 5.96 Å². The van der Waals surface area contributed by atoms with Crippen LogP contribution < -0.4 is 5.32 Å². The first kappa shape index (κ1) is 17.2. The summed E-state index contributed by atoms with van der Waals surface area (Å²) in [5.41, 5.74) is 0.958. The van der Waals surface area contributed by atoms with Crippen molar-refractivity contribution in [3.8, 4) is 0 Å². The quantitative estimate of drug-likeness (QED) is 0.400. The van der Waals surface area contributed by atoms with E-state index in [0.29, 0.717) is 12.1 Å². The number of nitrogens with zero attached hydrogens (tertiary/aromatic N) is 3. The molecule has 1 N–H and O–H groups in total. The minimum Gasteiger partial charge on any atom is -0.356 e. The third-order valence-electron chi connectivity index (χ3n) is 5.06. The smallest absolute Gasteiger partial charge is 0.274 e. The van der Waals surface area contributed by atoms with Crippen LogP contribution in [0.15, 0.2) is 29.3 Å². The van der Waals surface area contributed by atoms with Crippen LogP contribution in [0.5, 0.6) is 0 Å². The number of nitro groups is 1. The van der Waals surface area contributed by atoms with Crippen LogP contribution in [-0.2, 0) is 6.54 Å². The van der Waals surface area contributed by atoms with Gasteiger partial charge < -0.3 is 10.2 Å². The summed E-state index contributed by atoms with van der Waals surface area (Å²) in [7, 11) is 0. The number of aliphatic imine (C=N–C) groups is 1. The van der Waals surface area contributed by atoms with Crippen molar-refractivity contribution < 1.29 is 4.92 Å². The maximum Gasteiger partial charge on any atom is 0.274 e. The van der Waals surface area contributed by atoms with Gasteiger partial charge in [-0.25, -0.2) is 4.99 Å². The Labute approximate surface area is 137 Å². The van der Waals surface area contributed by atoms with Crippen molar-refractivity contribution in [2.45, 2.75) is 46.7 Å². The number of hydrogen-bond donors (Lipinski definition) is 1. The molecule has 1 aromatic rings. The Morgan fingerprint density at radius 3 is 2.52 bits per heavy atom. The molecule has 0 radical (unpaired) electrons. The summed E-state index contributed by atoms with van der Waals surface area (Å²) < 4.78 is 0. The van der Waals surface area contributed by atoms with Crippen molar-refractivity contribution >= 4 is 11.6 Å². The monoisotopic (exact) mass is 318 g/mol.